The minimum absolute atomic E-state index is 0.0687. The van der Waals surface area contributed by atoms with Crippen molar-refractivity contribution in [2.75, 3.05) is 10.5 Å². The van der Waals surface area contributed by atoms with Crippen molar-refractivity contribution < 1.29 is 21.6 Å². The molecule has 11 heteroatoms. The Morgan fingerprint density at radius 1 is 1.03 bits per heavy atom. The fraction of sp³-hybridized carbons (Fsp3) is 0.143. The van der Waals surface area contributed by atoms with Gasteiger partial charge in [0.15, 0.2) is 0 Å². The number of nitrogens with two attached hydrogens (primary N) is 1. The van der Waals surface area contributed by atoms with Crippen LogP contribution in [0.3, 0.4) is 0 Å². The molecule has 0 atom stereocenters. The van der Waals surface area contributed by atoms with E-state index < -0.39 is 38.1 Å². The van der Waals surface area contributed by atoms with E-state index in [0.29, 0.717) is 17.0 Å². The Morgan fingerprint density at radius 3 is 2.44 bits per heavy atom. The molecule has 0 aliphatic rings. The van der Waals surface area contributed by atoms with E-state index >= 15 is 4.39 Å². The number of anilines is 2. The van der Waals surface area contributed by atoms with Gasteiger partial charge in [0.05, 0.1) is 16.6 Å². The largest absolute Gasteiger partial charge is 0.383 e. The van der Waals surface area contributed by atoms with Crippen LogP contribution in [-0.4, -0.2) is 23.2 Å². The van der Waals surface area contributed by atoms with E-state index in [1.54, 1.807) is 10.7 Å². The second-order valence-electron chi connectivity index (χ2n) is 7.33. The zero-order valence-electron chi connectivity index (χ0n) is 17.0. The van der Waals surface area contributed by atoms with Crippen LogP contribution in [0.25, 0.3) is 22.2 Å². The SMILES string of the molecule is CC(C)n1nc(-c2cc(F)c(NS(=O)(=O)c3ccccc3F)cc2F)c2c(N)nccc21. The van der Waals surface area contributed by atoms with Gasteiger partial charge in [-0.25, -0.2) is 26.6 Å². The molecule has 7 nitrogen and oxygen atoms in total. The van der Waals surface area contributed by atoms with Crippen molar-refractivity contribution in [3.63, 3.8) is 0 Å². The van der Waals surface area contributed by atoms with Gasteiger partial charge in [-0.2, -0.15) is 5.10 Å². The summed E-state index contributed by atoms with van der Waals surface area (Å²) in [7, 11) is -4.49. The summed E-state index contributed by atoms with van der Waals surface area (Å²) in [5, 5.41) is 4.73. The second kappa shape index (κ2) is 7.83. The molecule has 32 heavy (non-hydrogen) atoms. The predicted octanol–water partition coefficient (Wildman–Crippen LogP) is 4.48. The average molecular weight is 461 g/mol. The van der Waals surface area contributed by atoms with Crippen LogP contribution in [0.1, 0.15) is 19.9 Å². The zero-order chi connectivity index (χ0) is 23.2. The first-order valence-corrected chi connectivity index (χ1v) is 11.0. The lowest BCUT2D eigenvalue weighted by molar-refractivity contribution is 0.551. The number of nitrogens with zero attached hydrogens (tertiary/aromatic N) is 3. The van der Waals surface area contributed by atoms with Gasteiger partial charge in [-0.05, 0) is 38.1 Å². The van der Waals surface area contributed by atoms with Crippen LogP contribution in [0.4, 0.5) is 24.7 Å². The van der Waals surface area contributed by atoms with Crippen LogP contribution < -0.4 is 10.5 Å². The number of nitrogen functional groups attached to an aromatic ring is 1. The highest BCUT2D eigenvalue weighted by Gasteiger charge is 2.24. The number of sulfonamides is 1. The van der Waals surface area contributed by atoms with E-state index in [9.17, 15) is 17.2 Å². The topological polar surface area (TPSA) is 103 Å². The van der Waals surface area contributed by atoms with E-state index in [2.05, 4.69) is 10.1 Å². The Morgan fingerprint density at radius 2 is 1.75 bits per heavy atom. The Hall–Kier alpha value is -3.60. The fourth-order valence-electron chi connectivity index (χ4n) is 3.36. The maximum atomic E-state index is 15.1. The highest BCUT2D eigenvalue weighted by molar-refractivity contribution is 7.92. The Balaban J connectivity index is 1.82. The van der Waals surface area contributed by atoms with Gasteiger partial charge >= 0.3 is 0 Å². The van der Waals surface area contributed by atoms with Crippen molar-refractivity contribution in [1.29, 1.82) is 0 Å². The predicted molar refractivity (Wildman–Crippen MR) is 115 cm³/mol. The van der Waals surface area contributed by atoms with E-state index in [4.69, 9.17) is 5.73 Å². The van der Waals surface area contributed by atoms with Crippen LogP contribution in [-0.2, 0) is 10.0 Å². The molecule has 2 heterocycles. The van der Waals surface area contributed by atoms with Gasteiger partial charge in [0.2, 0.25) is 0 Å². The van der Waals surface area contributed by atoms with Gasteiger partial charge in [0.1, 0.15) is 33.9 Å². The molecule has 0 saturated heterocycles. The molecule has 0 fully saturated rings. The first kappa shape index (κ1) is 21.6. The maximum absolute atomic E-state index is 15.1. The van der Waals surface area contributed by atoms with Crippen molar-refractivity contribution in [2.45, 2.75) is 24.8 Å². The normalized spacial score (nSPS) is 11.9. The van der Waals surface area contributed by atoms with Crippen molar-refractivity contribution >= 4 is 32.4 Å². The van der Waals surface area contributed by atoms with E-state index in [-0.39, 0.29) is 23.1 Å². The van der Waals surface area contributed by atoms with E-state index in [0.717, 1.165) is 18.2 Å². The van der Waals surface area contributed by atoms with Gasteiger partial charge in [-0.1, -0.05) is 12.1 Å². The Kier molecular flexibility index (Phi) is 5.29. The van der Waals surface area contributed by atoms with Crippen LogP contribution in [0.15, 0.2) is 53.6 Å². The molecule has 0 radical (unpaired) electrons. The summed E-state index contributed by atoms with van der Waals surface area (Å²) < 4.78 is 72.2. The lowest BCUT2D eigenvalue weighted by atomic mass is 10.1. The molecular formula is C21H18F3N5O2S. The standard InChI is InChI=1S/C21H18F3N5O2S/c1-11(2)29-17-7-8-26-21(25)19(17)20(27-29)12-9-15(24)16(10-14(12)23)28-32(30,31)18-6-4-3-5-13(18)22/h3-11,28H,1-2H3,(H2,25,26). The summed E-state index contributed by atoms with van der Waals surface area (Å²) in [5.74, 6) is -2.95. The summed E-state index contributed by atoms with van der Waals surface area (Å²) >= 11 is 0. The smallest absolute Gasteiger partial charge is 0.264 e. The van der Waals surface area contributed by atoms with E-state index in [1.165, 1.54) is 18.3 Å². The molecule has 0 bridgehead atoms. The fourth-order valence-corrected chi connectivity index (χ4v) is 4.50. The molecule has 0 unspecified atom stereocenters. The Labute approximate surface area is 181 Å². The van der Waals surface area contributed by atoms with Gasteiger partial charge in [0, 0.05) is 23.9 Å². The maximum Gasteiger partial charge on any atom is 0.264 e. The van der Waals surface area contributed by atoms with Crippen molar-refractivity contribution in [2.24, 2.45) is 0 Å². The minimum atomic E-state index is -4.49. The molecule has 3 N–H and O–H groups in total. The van der Waals surface area contributed by atoms with Crippen LogP contribution in [0.2, 0.25) is 0 Å². The number of rotatable bonds is 5. The van der Waals surface area contributed by atoms with Gasteiger partial charge in [-0.3, -0.25) is 9.40 Å². The number of benzene rings is 2. The molecule has 2 aromatic heterocycles. The Bertz CT molecular complexity index is 1450. The monoisotopic (exact) mass is 461 g/mol. The minimum Gasteiger partial charge on any atom is -0.383 e. The third-order valence-electron chi connectivity index (χ3n) is 4.82. The summed E-state index contributed by atoms with van der Waals surface area (Å²) in [6.07, 6.45) is 1.49. The highest BCUT2D eigenvalue weighted by atomic mass is 32.2. The molecule has 0 aliphatic heterocycles. The number of fused-ring (bicyclic) bond motifs is 1. The molecule has 0 spiro atoms. The van der Waals surface area contributed by atoms with Crippen LogP contribution in [0.5, 0.6) is 0 Å². The van der Waals surface area contributed by atoms with Gasteiger partial charge in [0.25, 0.3) is 10.0 Å². The second-order valence-corrected chi connectivity index (χ2v) is 8.98. The number of pyridine rings is 1. The van der Waals surface area contributed by atoms with Crippen molar-refractivity contribution in [1.82, 2.24) is 14.8 Å². The number of hydrogen-bond acceptors (Lipinski definition) is 5. The summed E-state index contributed by atoms with van der Waals surface area (Å²) in [6.45, 7) is 3.73. The quantitative estimate of drug-likeness (QED) is 0.456. The third-order valence-corrected chi connectivity index (χ3v) is 6.22. The first-order chi connectivity index (χ1) is 15.1. The number of hydrogen-bond donors (Lipinski definition) is 2. The average Bonchev–Trinajstić information content (AvgIpc) is 3.11. The summed E-state index contributed by atoms with van der Waals surface area (Å²) in [4.78, 5) is 3.32. The first-order valence-electron chi connectivity index (χ1n) is 9.49. The van der Waals surface area contributed by atoms with Crippen LogP contribution in [0, 0.1) is 17.5 Å². The number of nitrogens with one attached hydrogen (secondary N) is 1. The molecule has 166 valence electrons. The molecule has 0 amide bonds. The molecule has 0 aliphatic carbocycles. The molecular weight excluding hydrogens is 443 g/mol. The summed E-state index contributed by atoms with van der Waals surface area (Å²) in [6, 6.07) is 7.63. The molecule has 4 rings (SSSR count). The zero-order valence-corrected chi connectivity index (χ0v) is 17.8. The van der Waals surface area contributed by atoms with Crippen LogP contribution >= 0.6 is 0 Å². The van der Waals surface area contributed by atoms with E-state index in [1.807, 2.05) is 18.6 Å². The highest BCUT2D eigenvalue weighted by Crippen LogP contribution is 2.36. The number of halogens is 3. The van der Waals surface area contributed by atoms with Gasteiger partial charge in [-0.15, -0.1) is 0 Å². The van der Waals surface area contributed by atoms with Crippen molar-refractivity contribution in [3.05, 3.63) is 66.1 Å². The number of aromatic nitrogens is 3. The lowest BCUT2D eigenvalue weighted by Gasteiger charge is -2.11. The molecule has 0 saturated carbocycles. The summed E-state index contributed by atoms with van der Waals surface area (Å²) in [5.41, 5.74) is 5.74. The molecule has 4 aromatic rings. The van der Waals surface area contributed by atoms with Gasteiger partial charge < -0.3 is 5.73 Å². The lowest BCUT2D eigenvalue weighted by Crippen LogP contribution is -2.15. The molecule has 2 aromatic carbocycles. The van der Waals surface area contributed by atoms with Crippen molar-refractivity contribution in [3.8, 4) is 11.3 Å². The third kappa shape index (κ3) is 3.64.